The molecule has 0 saturated carbocycles. The normalized spacial score (nSPS) is 21.6. The van der Waals surface area contributed by atoms with Gasteiger partial charge in [0.1, 0.15) is 0 Å². The highest BCUT2D eigenvalue weighted by molar-refractivity contribution is 8.21. The average Bonchev–Trinajstić information content (AvgIpc) is 2.42. The van der Waals surface area contributed by atoms with Gasteiger partial charge in [-0.25, -0.2) is 0 Å². The average molecular weight is 182 g/mol. The first-order valence-corrected chi connectivity index (χ1v) is 5.40. The van der Waals surface area contributed by atoms with Crippen molar-refractivity contribution in [2.45, 2.75) is 24.3 Å². The zero-order valence-corrected chi connectivity index (χ0v) is 8.45. The van der Waals surface area contributed by atoms with Crippen LogP contribution in [-0.4, -0.2) is 22.8 Å². The van der Waals surface area contributed by atoms with Crippen LogP contribution in [0.25, 0.3) is 0 Å². The number of alkyl halides is 1. The van der Waals surface area contributed by atoms with Gasteiger partial charge in [0.25, 0.3) is 0 Å². The molecule has 0 unspecified atom stereocenters. The van der Waals surface area contributed by atoms with Crippen LogP contribution in [0.2, 0.25) is 0 Å². The minimum atomic E-state index is 0.500. The molecule has 0 spiro atoms. The van der Waals surface area contributed by atoms with Crippen molar-refractivity contribution >= 4 is 23.5 Å². The lowest BCUT2D eigenvalue weighted by molar-refractivity contribution is 0.636. The Labute approximate surface area is 71.3 Å². The Kier molecular flexibility index (Phi) is 5.64. The van der Waals surface area contributed by atoms with Crippen molar-refractivity contribution in [2.75, 3.05) is 18.7 Å². The summed E-state index contributed by atoms with van der Waals surface area (Å²) in [7, 11) is 0.500. The van der Waals surface area contributed by atoms with E-state index in [0.29, 0.717) is 11.3 Å². The van der Waals surface area contributed by atoms with E-state index in [1.54, 1.807) is 0 Å². The molecule has 0 nitrogen and oxygen atoms in total. The summed E-state index contributed by atoms with van der Waals surface area (Å²) in [6.07, 6.45) is 1.31. The zero-order chi connectivity index (χ0) is 8.04. The maximum atomic E-state index is 9.50. The summed E-state index contributed by atoms with van der Waals surface area (Å²) in [5, 5.41) is 0. The van der Waals surface area contributed by atoms with Crippen molar-refractivity contribution in [3.05, 3.63) is 0 Å². The first-order chi connectivity index (χ1) is 4.77. The Balaban J connectivity index is 0.000000371. The van der Waals surface area contributed by atoms with Gasteiger partial charge in [0.2, 0.25) is 0 Å². The maximum Gasteiger partial charge on any atom is 0.0785 e. The van der Waals surface area contributed by atoms with Crippen molar-refractivity contribution in [3.63, 3.8) is 0 Å². The van der Waals surface area contributed by atoms with Crippen LogP contribution in [0, 0.1) is 0 Å². The van der Waals surface area contributed by atoms with Gasteiger partial charge in [-0.2, -0.15) is 0 Å². The second kappa shape index (κ2) is 5.30. The molecule has 1 rings (SSSR count). The smallest absolute Gasteiger partial charge is 0.0785 e. The van der Waals surface area contributed by atoms with Gasteiger partial charge in [0.05, 0.1) is 11.3 Å². The first-order valence-electron chi connectivity index (χ1n) is 3.42. The number of hydrogen-bond acceptors (Lipinski definition) is 2. The third-order valence-electron chi connectivity index (χ3n) is 1.54. The van der Waals surface area contributed by atoms with Crippen LogP contribution in [0.5, 0.6) is 0 Å². The summed E-state index contributed by atoms with van der Waals surface area (Å²) < 4.78 is 10.1. The maximum absolute atomic E-state index is 9.50. The van der Waals surface area contributed by atoms with E-state index in [9.17, 15) is 4.39 Å². The molecule has 0 radical (unpaired) electrons. The molecule has 1 aliphatic heterocycles. The number of rotatable bonds is 1. The molecule has 62 valence electrons. The molecule has 0 bridgehead atoms. The van der Waals surface area contributed by atoms with Gasteiger partial charge in [0, 0.05) is 11.5 Å². The fourth-order valence-electron chi connectivity index (χ4n) is 0.761. The lowest BCUT2D eigenvalue weighted by Gasteiger charge is -2.17. The van der Waals surface area contributed by atoms with Gasteiger partial charge < -0.3 is 0 Å². The molecule has 0 aliphatic carbocycles. The van der Waals surface area contributed by atoms with Crippen molar-refractivity contribution in [1.82, 2.24) is 0 Å². The van der Waals surface area contributed by atoms with E-state index in [2.05, 4.69) is 37.4 Å². The molecule has 0 amide bonds. The van der Waals surface area contributed by atoms with Crippen molar-refractivity contribution in [2.24, 2.45) is 0 Å². The first kappa shape index (κ1) is 10.6. The standard InChI is InChI=1S/C6H12S2.CH3F/c1-3-6(2)7-4-5-8-6;1-2/h3-5H2,1-2H3;1H3. The molecule has 1 saturated heterocycles. The van der Waals surface area contributed by atoms with Crippen molar-refractivity contribution in [3.8, 4) is 0 Å². The fraction of sp³-hybridized carbons (Fsp3) is 1.00. The van der Waals surface area contributed by atoms with Crippen LogP contribution in [-0.2, 0) is 0 Å². The highest BCUT2D eigenvalue weighted by Crippen LogP contribution is 2.45. The van der Waals surface area contributed by atoms with E-state index in [1.165, 1.54) is 17.9 Å². The molecule has 0 aromatic heterocycles. The molecular formula is C7H15FS2. The highest BCUT2D eigenvalue weighted by atomic mass is 32.2. The Morgan fingerprint density at radius 3 is 1.90 bits per heavy atom. The lowest BCUT2D eigenvalue weighted by atomic mass is 10.4. The molecule has 10 heavy (non-hydrogen) atoms. The molecule has 0 aromatic carbocycles. The third kappa shape index (κ3) is 3.15. The fourth-order valence-corrected chi connectivity index (χ4v) is 3.53. The van der Waals surface area contributed by atoms with Gasteiger partial charge in [-0.3, -0.25) is 4.39 Å². The van der Waals surface area contributed by atoms with Crippen LogP contribution in [0.4, 0.5) is 4.39 Å². The van der Waals surface area contributed by atoms with E-state index in [0.717, 1.165) is 0 Å². The SMILES string of the molecule is CCC1(C)SCCS1.CF. The Morgan fingerprint density at radius 2 is 1.70 bits per heavy atom. The quantitative estimate of drug-likeness (QED) is 0.611. The monoisotopic (exact) mass is 182 g/mol. The summed E-state index contributed by atoms with van der Waals surface area (Å²) in [5.41, 5.74) is 0. The molecule has 1 heterocycles. The number of hydrogen-bond donors (Lipinski definition) is 0. The number of halogens is 1. The molecule has 0 aromatic rings. The molecular weight excluding hydrogens is 167 g/mol. The molecule has 0 atom stereocenters. The largest absolute Gasteiger partial charge is 0.255 e. The van der Waals surface area contributed by atoms with Crippen LogP contribution in [0.15, 0.2) is 0 Å². The minimum Gasteiger partial charge on any atom is -0.255 e. The van der Waals surface area contributed by atoms with Gasteiger partial charge in [-0.15, -0.1) is 23.5 Å². The second-order valence-electron chi connectivity index (χ2n) is 2.18. The Morgan fingerprint density at radius 1 is 1.30 bits per heavy atom. The summed E-state index contributed by atoms with van der Waals surface area (Å²) in [4.78, 5) is 0. The van der Waals surface area contributed by atoms with Gasteiger partial charge in [-0.1, -0.05) is 6.92 Å². The van der Waals surface area contributed by atoms with E-state index < -0.39 is 0 Å². The summed E-state index contributed by atoms with van der Waals surface area (Å²) in [6, 6.07) is 0. The second-order valence-corrected chi connectivity index (χ2v) is 5.64. The van der Waals surface area contributed by atoms with Crippen LogP contribution >= 0.6 is 23.5 Å². The number of thioether (sulfide) groups is 2. The highest BCUT2D eigenvalue weighted by Gasteiger charge is 2.27. The van der Waals surface area contributed by atoms with Crippen LogP contribution in [0.3, 0.4) is 0 Å². The van der Waals surface area contributed by atoms with Crippen LogP contribution in [0.1, 0.15) is 20.3 Å². The Hall–Kier alpha value is 0.630. The summed E-state index contributed by atoms with van der Waals surface area (Å²) >= 11 is 4.22. The molecule has 1 aliphatic rings. The Bertz CT molecular complexity index is 79.7. The van der Waals surface area contributed by atoms with E-state index in [1.807, 2.05) is 0 Å². The molecule has 0 N–H and O–H groups in total. The van der Waals surface area contributed by atoms with Gasteiger partial charge in [0.15, 0.2) is 0 Å². The van der Waals surface area contributed by atoms with Crippen LogP contribution < -0.4 is 0 Å². The molecule has 1 fully saturated rings. The van der Waals surface area contributed by atoms with E-state index >= 15 is 0 Å². The summed E-state index contributed by atoms with van der Waals surface area (Å²) in [5.74, 6) is 2.71. The van der Waals surface area contributed by atoms with E-state index in [-0.39, 0.29) is 0 Å². The lowest BCUT2D eigenvalue weighted by Crippen LogP contribution is -2.07. The molecule has 3 heteroatoms. The van der Waals surface area contributed by atoms with E-state index in [4.69, 9.17) is 0 Å². The van der Waals surface area contributed by atoms with Gasteiger partial charge >= 0.3 is 0 Å². The summed E-state index contributed by atoms with van der Waals surface area (Å²) in [6.45, 7) is 4.61. The predicted octanol–water partition coefficient (Wildman–Crippen LogP) is 3.18. The van der Waals surface area contributed by atoms with Crippen molar-refractivity contribution in [1.29, 1.82) is 0 Å². The minimum absolute atomic E-state index is 0.500. The van der Waals surface area contributed by atoms with Crippen molar-refractivity contribution < 1.29 is 4.39 Å². The third-order valence-corrected chi connectivity index (χ3v) is 5.12. The van der Waals surface area contributed by atoms with Gasteiger partial charge in [-0.05, 0) is 13.3 Å². The topological polar surface area (TPSA) is 0 Å². The zero-order valence-electron chi connectivity index (χ0n) is 6.82. The predicted molar refractivity (Wildman–Crippen MR) is 50.6 cm³/mol.